The Morgan fingerprint density at radius 2 is 2.33 bits per heavy atom. The summed E-state index contributed by atoms with van der Waals surface area (Å²) in [6.45, 7) is -0.0352. The van der Waals surface area contributed by atoms with Crippen molar-refractivity contribution in [3.8, 4) is 6.07 Å². The van der Waals surface area contributed by atoms with Gasteiger partial charge in [-0.2, -0.15) is 5.26 Å². The molecule has 1 N–H and O–H groups in total. The van der Waals surface area contributed by atoms with E-state index in [1.165, 1.54) is 4.90 Å². The molecule has 0 aliphatic heterocycles. The van der Waals surface area contributed by atoms with Crippen LogP contribution >= 0.6 is 0 Å². The fourth-order valence-corrected chi connectivity index (χ4v) is 1.10. The van der Waals surface area contributed by atoms with Gasteiger partial charge in [-0.15, -0.1) is 0 Å². The quantitative estimate of drug-likeness (QED) is 0.609. The summed E-state index contributed by atoms with van der Waals surface area (Å²) in [6, 6.07) is 2.90. The molecule has 1 aromatic rings. The second kappa shape index (κ2) is 5.58. The van der Waals surface area contributed by atoms with Crippen LogP contribution in [-0.4, -0.2) is 41.4 Å². The van der Waals surface area contributed by atoms with E-state index in [2.05, 4.69) is 10.3 Å². The Hall–Kier alpha value is -2.69. The van der Waals surface area contributed by atoms with E-state index in [-0.39, 0.29) is 29.5 Å². The Balaban J connectivity index is 2.87. The standard InChI is InChI=1S/C10H11N5O3/c1-14(2)9(16)6-13-10-7(4-11)3-8(5-12-10)15(17)18/h3,5H,6H2,1-2H3,(H,12,13). The number of anilines is 1. The Morgan fingerprint density at radius 1 is 1.67 bits per heavy atom. The number of aromatic nitrogens is 1. The molecule has 0 saturated carbocycles. The Bertz CT molecular complexity index is 521. The Labute approximate surface area is 103 Å². The minimum Gasteiger partial charge on any atom is -0.360 e. The monoisotopic (exact) mass is 249 g/mol. The highest BCUT2D eigenvalue weighted by Crippen LogP contribution is 2.17. The minimum absolute atomic E-state index is 0.0238. The van der Waals surface area contributed by atoms with E-state index >= 15 is 0 Å². The molecule has 1 rings (SSSR count). The van der Waals surface area contributed by atoms with Gasteiger partial charge in [-0.3, -0.25) is 14.9 Å². The van der Waals surface area contributed by atoms with Crippen molar-refractivity contribution in [2.24, 2.45) is 0 Å². The molecule has 94 valence electrons. The van der Waals surface area contributed by atoms with E-state index in [1.807, 2.05) is 0 Å². The van der Waals surface area contributed by atoms with Crippen LogP contribution in [0.4, 0.5) is 11.5 Å². The molecule has 0 spiro atoms. The van der Waals surface area contributed by atoms with Crippen molar-refractivity contribution in [3.05, 3.63) is 27.9 Å². The van der Waals surface area contributed by atoms with Crippen LogP contribution in [0.2, 0.25) is 0 Å². The molecule has 0 aromatic carbocycles. The molecule has 0 saturated heterocycles. The summed E-state index contributed by atoms with van der Waals surface area (Å²) < 4.78 is 0. The summed E-state index contributed by atoms with van der Waals surface area (Å²) in [5, 5.41) is 22.0. The molecule has 1 amide bonds. The lowest BCUT2D eigenvalue weighted by atomic mass is 10.2. The van der Waals surface area contributed by atoms with Gasteiger partial charge in [-0.05, 0) is 0 Å². The third-order valence-electron chi connectivity index (χ3n) is 2.11. The van der Waals surface area contributed by atoms with E-state index < -0.39 is 4.92 Å². The van der Waals surface area contributed by atoms with Gasteiger partial charge < -0.3 is 10.2 Å². The number of hydrogen-bond acceptors (Lipinski definition) is 6. The topological polar surface area (TPSA) is 112 Å². The van der Waals surface area contributed by atoms with Gasteiger partial charge in [0.15, 0.2) is 0 Å². The lowest BCUT2D eigenvalue weighted by molar-refractivity contribution is -0.385. The zero-order valence-corrected chi connectivity index (χ0v) is 9.88. The fraction of sp³-hybridized carbons (Fsp3) is 0.300. The molecule has 8 heteroatoms. The van der Waals surface area contributed by atoms with E-state index in [4.69, 9.17) is 5.26 Å². The largest absolute Gasteiger partial charge is 0.360 e. The maximum Gasteiger partial charge on any atom is 0.289 e. The van der Waals surface area contributed by atoms with E-state index in [0.717, 1.165) is 12.3 Å². The summed E-state index contributed by atoms with van der Waals surface area (Å²) in [5.74, 6) is -0.0441. The van der Waals surface area contributed by atoms with Crippen molar-refractivity contribution >= 4 is 17.4 Å². The molecule has 0 aliphatic rings. The third-order valence-corrected chi connectivity index (χ3v) is 2.11. The molecule has 1 heterocycles. The number of nitrogens with zero attached hydrogens (tertiary/aromatic N) is 4. The lowest BCUT2D eigenvalue weighted by Gasteiger charge is -2.11. The van der Waals surface area contributed by atoms with E-state index in [9.17, 15) is 14.9 Å². The minimum atomic E-state index is -0.636. The summed E-state index contributed by atoms with van der Waals surface area (Å²) in [7, 11) is 3.19. The normalized spacial score (nSPS) is 9.39. The lowest BCUT2D eigenvalue weighted by Crippen LogP contribution is -2.29. The number of hydrogen-bond donors (Lipinski definition) is 1. The molecule has 0 radical (unpaired) electrons. The van der Waals surface area contributed by atoms with E-state index in [1.54, 1.807) is 20.2 Å². The zero-order valence-electron chi connectivity index (χ0n) is 9.88. The molecular weight excluding hydrogens is 238 g/mol. The molecule has 1 aromatic heterocycles. The summed E-state index contributed by atoms with van der Waals surface area (Å²) in [6.07, 6.45) is 1.03. The number of nitro groups is 1. The molecule has 0 aliphatic carbocycles. The molecule has 18 heavy (non-hydrogen) atoms. The average Bonchev–Trinajstić information content (AvgIpc) is 2.35. The number of carbonyl (C=O) groups excluding carboxylic acids is 1. The summed E-state index contributed by atoms with van der Waals surface area (Å²) >= 11 is 0. The van der Waals surface area contributed by atoms with Crippen LogP contribution in [0, 0.1) is 21.4 Å². The second-order valence-corrected chi connectivity index (χ2v) is 3.60. The first-order valence-corrected chi connectivity index (χ1v) is 4.94. The number of pyridine rings is 1. The van der Waals surface area contributed by atoms with Gasteiger partial charge in [-0.25, -0.2) is 4.98 Å². The highest BCUT2D eigenvalue weighted by Gasteiger charge is 2.13. The zero-order chi connectivity index (χ0) is 13.7. The van der Waals surface area contributed by atoms with Crippen molar-refractivity contribution in [1.82, 2.24) is 9.88 Å². The highest BCUT2D eigenvalue weighted by atomic mass is 16.6. The molecule has 0 unspecified atom stereocenters. The molecule has 0 atom stereocenters. The average molecular weight is 249 g/mol. The molecule has 8 nitrogen and oxygen atoms in total. The summed E-state index contributed by atoms with van der Waals surface area (Å²) in [5.41, 5.74) is -0.244. The molecule has 0 fully saturated rings. The van der Waals surface area contributed by atoms with Gasteiger partial charge in [0.1, 0.15) is 23.6 Å². The predicted octanol–water partition coefficient (Wildman–Crippen LogP) is 0.362. The maximum absolute atomic E-state index is 11.3. The fourth-order valence-electron chi connectivity index (χ4n) is 1.10. The molecule has 0 bridgehead atoms. The van der Waals surface area contributed by atoms with Crippen LogP contribution in [0.5, 0.6) is 0 Å². The number of likely N-dealkylation sites (N-methyl/N-ethyl adjacent to an activating group) is 1. The predicted molar refractivity (Wildman–Crippen MR) is 62.8 cm³/mol. The van der Waals surface area contributed by atoms with Crippen LogP contribution < -0.4 is 5.32 Å². The van der Waals surface area contributed by atoms with Crippen LogP contribution in [0.3, 0.4) is 0 Å². The van der Waals surface area contributed by atoms with Crippen molar-refractivity contribution in [2.75, 3.05) is 26.0 Å². The van der Waals surface area contributed by atoms with Crippen LogP contribution in [0.25, 0.3) is 0 Å². The number of nitrogens with one attached hydrogen (secondary N) is 1. The van der Waals surface area contributed by atoms with E-state index in [0.29, 0.717) is 0 Å². The van der Waals surface area contributed by atoms with Crippen LogP contribution in [-0.2, 0) is 4.79 Å². The van der Waals surface area contributed by atoms with Gasteiger partial charge in [0.2, 0.25) is 5.91 Å². The SMILES string of the molecule is CN(C)C(=O)CNc1ncc([N+](=O)[O-])cc1C#N. The third kappa shape index (κ3) is 3.15. The summed E-state index contributed by atoms with van der Waals surface area (Å²) in [4.78, 5) is 26.3. The van der Waals surface area contributed by atoms with Gasteiger partial charge in [0, 0.05) is 20.2 Å². The van der Waals surface area contributed by atoms with Crippen LogP contribution in [0.1, 0.15) is 5.56 Å². The highest BCUT2D eigenvalue weighted by molar-refractivity contribution is 5.80. The molecular formula is C10H11N5O3. The first-order valence-electron chi connectivity index (χ1n) is 4.94. The van der Waals surface area contributed by atoms with Gasteiger partial charge >= 0.3 is 0 Å². The number of nitriles is 1. The Morgan fingerprint density at radius 3 is 2.83 bits per heavy atom. The smallest absolute Gasteiger partial charge is 0.289 e. The number of carbonyl (C=O) groups is 1. The first-order chi connectivity index (χ1) is 8.45. The van der Waals surface area contributed by atoms with Crippen LogP contribution in [0.15, 0.2) is 12.3 Å². The second-order valence-electron chi connectivity index (χ2n) is 3.60. The van der Waals surface area contributed by atoms with Crippen molar-refractivity contribution < 1.29 is 9.72 Å². The van der Waals surface area contributed by atoms with Crippen molar-refractivity contribution in [3.63, 3.8) is 0 Å². The van der Waals surface area contributed by atoms with Gasteiger partial charge in [0.25, 0.3) is 5.69 Å². The maximum atomic E-state index is 11.3. The first kappa shape index (κ1) is 13.4. The van der Waals surface area contributed by atoms with Gasteiger partial charge in [0.05, 0.1) is 11.5 Å². The number of rotatable bonds is 4. The van der Waals surface area contributed by atoms with Crippen molar-refractivity contribution in [1.29, 1.82) is 5.26 Å². The van der Waals surface area contributed by atoms with Crippen molar-refractivity contribution in [2.45, 2.75) is 0 Å². The van der Waals surface area contributed by atoms with Gasteiger partial charge in [-0.1, -0.05) is 0 Å². The Kier molecular flexibility index (Phi) is 4.15. The number of amides is 1.